The summed E-state index contributed by atoms with van der Waals surface area (Å²) in [7, 11) is 0. The lowest BCUT2D eigenvalue weighted by Gasteiger charge is -2.43. The van der Waals surface area contributed by atoms with Crippen LogP contribution in [0.3, 0.4) is 0 Å². The first-order valence-corrected chi connectivity index (χ1v) is 8.60. The second-order valence-electron chi connectivity index (χ2n) is 7.32. The maximum atomic E-state index is 3.72. The van der Waals surface area contributed by atoms with E-state index in [9.17, 15) is 0 Å². The molecule has 1 unspecified atom stereocenters. The fourth-order valence-electron chi connectivity index (χ4n) is 3.95. The van der Waals surface area contributed by atoms with Crippen molar-refractivity contribution in [1.82, 2.24) is 10.2 Å². The summed E-state index contributed by atoms with van der Waals surface area (Å²) < 4.78 is 0. The van der Waals surface area contributed by atoms with E-state index in [1.807, 2.05) is 0 Å². The van der Waals surface area contributed by atoms with Gasteiger partial charge in [-0.25, -0.2) is 0 Å². The maximum Gasteiger partial charge on any atom is 0.00676 e. The van der Waals surface area contributed by atoms with Crippen LogP contribution in [0.2, 0.25) is 0 Å². The van der Waals surface area contributed by atoms with Crippen molar-refractivity contribution in [1.29, 1.82) is 0 Å². The largest absolute Gasteiger partial charge is 0.316 e. The molecule has 2 rings (SSSR count). The molecular formula is C17H34N2. The summed E-state index contributed by atoms with van der Waals surface area (Å²) in [5, 5.41) is 3.72. The third-order valence-electron chi connectivity index (χ3n) is 5.49. The van der Waals surface area contributed by atoms with Crippen molar-refractivity contribution in [3.8, 4) is 0 Å². The van der Waals surface area contributed by atoms with Gasteiger partial charge in [0.15, 0.2) is 0 Å². The second kappa shape index (κ2) is 7.08. The Balaban J connectivity index is 1.92. The smallest absolute Gasteiger partial charge is 0.00676 e. The first-order valence-electron chi connectivity index (χ1n) is 8.60. The standard InChI is InChI=1S/C17H34N2/c1-4-11-18-13-17(9-7-15(2)8-10-17)14-19-12-5-6-16(19)3/h15-16,18H,4-14H2,1-3H3. The minimum atomic E-state index is 0.570. The van der Waals surface area contributed by atoms with Crippen LogP contribution in [0.1, 0.15) is 65.7 Å². The van der Waals surface area contributed by atoms with Crippen molar-refractivity contribution in [2.45, 2.75) is 71.8 Å². The Morgan fingerprint density at radius 2 is 1.89 bits per heavy atom. The van der Waals surface area contributed by atoms with Gasteiger partial charge in [-0.15, -0.1) is 0 Å². The highest BCUT2D eigenvalue weighted by molar-refractivity contribution is 4.91. The number of rotatable bonds is 6. The molecule has 0 amide bonds. The van der Waals surface area contributed by atoms with Gasteiger partial charge in [0, 0.05) is 19.1 Å². The van der Waals surface area contributed by atoms with E-state index < -0.39 is 0 Å². The van der Waals surface area contributed by atoms with Crippen LogP contribution in [0, 0.1) is 11.3 Å². The van der Waals surface area contributed by atoms with Crippen LogP contribution in [0.25, 0.3) is 0 Å². The minimum absolute atomic E-state index is 0.570. The summed E-state index contributed by atoms with van der Waals surface area (Å²) in [5.41, 5.74) is 0.570. The lowest BCUT2D eigenvalue weighted by atomic mass is 9.70. The topological polar surface area (TPSA) is 15.3 Å². The van der Waals surface area contributed by atoms with Gasteiger partial charge in [-0.05, 0) is 63.5 Å². The molecule has 1 heterocycles. The molecular weight excluding hydrogens is 232 g/mol. The molecule has 1 aliphatic carbocycles. The summed E-state index contributed by atoms with van der Waals surface area (Å²) in [6, 6.07) is 0.822. The van der Waals surface area contributed by atoms with E-state index in [1.54, 1.807) is 0 Å². The predicted octanol–water partition coefficient (Wildman–Crippen LogP) is 3.67. The van der Waals surface area contributed by atoms with Crippen LogP contribution < -0.4 is 5.32 Å². The quantitative estimate of drug-likeness (QED) is 0.738. The summed E-state index contributed by atoms with van der Waals surface area (Å²) in [5.74, 6) is 0.954. The summed E-state index contributed by atoms with van der Waals surface area (Å²) in [6.07, 6.45) is 9.84. The Bertz CT molecular complexity index is 256. The molecule has 2 aliphatic rings. The van der Waals surface area contributed by atoms with E-state index in [0.717, 1.165) is 12.0 Å². The van der Waals surface area contributed by atoms with Crippen LogP contribution in [0.15, 0.2) is 0 Å². The third kappa shape index (κ3) is 4.19. The van der Waals surface area contributed by atoms with Gasteiger partial charge in [0.2, 0.25) is 0 Å². The van der Waals surface area contributed by atoms with E-state index in [2.05, 4.69) is 31.0 Å². The zero-order chi connectivity index (χ0) is 13.7. The lowest BCUT2D eigenvalue weighted by Crippen LogP contribution is -2.47. The number of nitrogens with one attached hydrogen (secondary N) is 1. The molecule has 0 aromatic carbocycles. The Kier molecular flexibility index (Phi) is 5.70. The molecule has 2 heteroatoms. The van der Waals surface area contributed by atoms with E-state index >= 15 is 0 Å². The van der Waals surface area contributed by atoms with Gasteiger partial charge >= 0.3 is 0 Å². The van der Waals surface area contributed by atoms with Crippen molar-refractivity contribution in [2.75, 3.05) is 26.2 Å². The molecule has 1 aliphatic heterocycles. The summed E-state index contributed by atoms with van der Waals surface area (Å²) >= 11 is 0. The number of likely N-dealkylation sites (tertiary alicyclic amines) is 1. The summed E-state index contributed by atoms with van der Waals surface area (Å²) in [6.45, 7) is 12.2. The molecule has 0 spiro atoms. The Morgan fingerprint density at radius 1 is 1.16 bits per heavy atom. The average Bonchev–Trinajstić information content (AvgIpc) is 2.79. The first kappa shape index (κ1) is 15.3. The zero-order valence-electron chi connectivity index (χ0n) is 13.4. The lowest BCUT2D eigenvalue weighted by molar-refractivity contribution is 0.0834. The van der Waals surface area contributed by atoms with Gasteiger partial charge in [-0.2, -0.15) is 0 Å². The normalized spacial score (nSPS) is 36.8. The molecule has 112 valence electrons. The van der Waals surface area contributed by atoms with Crippen LogP contribution in [0.5, 0.6) is 0 Å². The van der Waals surface area contributed by atoms with Crippen LogP contribution in [-0.2, 0) is 0 Å². The van der Waals surface area contributed by atoms with E-state index in [4.69, 9.17) is 0 Å². The van der Waals surface area contributed by atoms with Crippen LogP contribution in [-0.4, -0.2) is 37.1 Å². The van der Waals surface area contributed by atoms with Crippen LogP contribution >= 0.6 is 0 Å². The molecule has 1 atom stereocenters. The Hall–Kier alpha value is -0.0800. The molecule has 2 fully saturated rings. The number of hydrogen-bond acceptors (Lipinski definition) is 2. The molecule has 0 aromatic heterocycles. The third-order valence-corrected chi connectivity index (χ3v) is 5.49. The first-order chi connectivity index (χ1) is 9.15. The molecule has 0 bridgehead atoms. The van der Waals surface area contributed by atoms with Crippen molar-refractivity contribution in [3.63, 3.8) is 0 Å². The second-order valence-corrected chi connectivity index (χ2v) is 7.32. The fraction of sp³-hybridized carbons (Fsp3) is 1.00. The predicted molar refractivity (Wildman–Crippen MR) is 83.5 cm³/mol. The monoisotopic (exact) mass is 266 g/mol. The Morgan fingerprint density at radius 3 is 2.47 bits per heavy atom. The van der Waals surface area contributed by atoms with Crippen molar-refractivity contribution >= 4 is 0 Å². The minimum Gasteiger partial charge on any atom is -0.316 e. The molecule has 1 saturated heterocycles. The molecule has 1 saturated carbocycles. The fourth-order valence-corrected chi connectivity index (χ4v) is 3.95. The van der Waals surface area contributed by atoms with E-state index in [-0.39, 0.29) is 0 Å². The highest BCUT2D eigenvalue weighted by Crippen LogP contribution is 2.40. The SMILES string of the molecule is CCCNCC1(CN2CCCC2C)CCC(C)CC1. The van der Waals surface area contributed by atoms with Crippen LogP contribution in [0.4, 0.5) is 0 Å². The van der Waals surface area contributed by atoms with Gasteiger partial charge < -0.3 is 10.2 Å². The highest BCUT2D eigenvalue weighted by atomic mass is 15.2. The van der Waals surface area contributed by atoms with Gasteiger partial charge in [-0.1, -0.05) is 26.7 Å². The van der Waals surface area contributed by atoms with Crippen molar-refractivity contribution < 1.29 is 0 Å². The number of nitrogens with zero attached hydrogens (tertiary/aromatic N) is 1. The van der Waals surface area contributed by atoms with Gasteiger partial charge in [0.25, 0.3) is 0 Å². The van der Waals surface area contributed by atoms with E-state index in [0.29, 0.717) is 5.41 Å². The molecule has 2 nitrogen and oxygen atoms in total. The van der Waals surface area contributed by atoms with Gasteiger partial charge in [0.1, 0.15) is 0 Å². The van der Waals surface area contributed by atoms with E-state index in [1.165, 1.54) is 71.1 Å². The van der Waals surface area contributed by atoms with Crippen molar-refractivity contribution in [2.24, 2.45) is 11.3 Å². The molecule has 0 aromatic rings. The zero-order valence-corrected chi connectivity index (χ0v) is 13.4. The molecule has 1 N–H and O–H groups in total. The Labute approximate surface area is 120 Å². The van der Waals surface area contributed by atoms with Gasteiger partial charge in [0.05, 0.1) is 0 Å². The molecule has 0 radical (unpaired) electrons. The number of hydrogen-bond donors (Lipinski definition) is 1. The van der Waals surface area contributed by atoms with Gasteiger partial charge in [-0.3, -0.25) is 0 Å². The molecule has 19 heavy (non-hydrogen) atoms. The average molecular weight is 266 g/mol. The summed E-state index contributed by atoms with van der Waals surface area (Å²) in [4.78, 5) is 2.77. The highest BCUT2D eigenvalue weighted by Gasteiger charge is 2.37. The maximum absolute atomic E-state index is 3.72. The van der Waals surface area contributed by atoms with Crippen molar-refractivity contribution in [3.05, 3.63) is 0 Å².